The van der Waals surface area contributed by atoms with Gasteiger partial charge in [-0.2, -0.15) is 0 Å². The predicted octanol–water partition coefficient (Wildman–Crippen LogP) is 3.22. The van der Waals surface area contributed by atoms with Crippen molar-refractivity contribution in [2.75, 3.05) is 6.54 Å². The minimum absolute atomic E-state index is 0.0743. The quantitative estimate of drug-likeness (QED) is 0.921. The summed E-state index contributed by atoms with van der Waals surface area (Å²) in [4.78, 5) is 9.14. The molecule has 0 bridgehead atoms. The zero-order valence-corrected chi connectivity index (χ0v) is 14.0. The van der Waals surface area contributed by atoms with E-state index in [0.717, 1.165) is 34.3 Å². The summed E-state index contributed by atoms with van der Waals surface area (Å²) in [5.41, 5.74) is 8.72. The number of hydrogen-bond acceptors (Lipinski definition) is 5. The van der Waals surface area contributed by atoms with Crippen LogP contribution in [0.5, 0.6) is 5.75 Å². The Morgan fingerprint density at radius 3 is 2.62 bits per heavy atom. The van der Waals surface area contributed by atoms with Crippen molar-refractivity contribution in [1.29, 1.82) is 0 Å². The number of thiazole rings is 1. The molecule has 0 saturated heterocycles. The van der Waals surface area contributed by atoms with Gasteiger partial charge in [-0.3, -0.25) is 4.98 Å². The molecule has 0 aliphatic carbocycles. The third-order valence-electron chi connectivity index (χ3n) is 3.12. The van der Waals surface area contributed by atoms with E-state index in [0.29, 0.717) is 13.2 Å². The first-order valence-corrected chi connectivity index (χ1v) is 8.02. The molecule has 0 aliphatic rings. The van der Waals surface area contributed by atoms with Gasteiger partial charge in [-0.15, -0.1) is 11.3 Å². The highest BCUT2D eigenvalue weighted by molar-refractivity contribution is 7.09. The summed E-state index contributed by atoms with van der Waals surface area (Å²) in [5.74, 6) is 0.804. The normalized spacial score (nSPS) is 11.7. The highest BCUT2D eigenvalue weighted by Gasteiger charge is 2.17. The lowest BCUT2D eigenvalue weighted by molar-refractivity contribution is 0.300. The van der Waals surface area contributed by atoms with Crippen LogP contribution in [0.4, 0.5) is 0 Å². The molecule has 0 atom stereocenters. The Kier molecular flexibility index (Phi) is 4.96. The van der Waals surface area contributed by atoms with Gasteiger partial charge in [0.25, 0.3) is 0 Å². The summed E-state index contributed by atoms with van der Waals surface area (Å²) in [5, 5.41) is 3.09. The summed E-state index contributed by atoms with van der Waals surface area (Å²) in [6.07, 6.45) is 0.724. The molecule has 0 fully saturated rings. The molecular formula is C16H23N3OS. The minimum atomic E-state index is 0.0743. The molecule has 0 spiro atoms. The smallest absolute Gasteiger partial charge is 0.141 e. The van der Waals surface area contributed by atoms with E-state index in [1.807, 2.05) is 19.1 Å². The Morgan fingerprint density at radius 1 is 1.24 bits per heavy atom. The van der Waals surface area contributed by atoms with Crippen molar-refractivity contribution in [2.24, 2.45) is 5.73 Å². The van der Waals surface area contributed by atoms with Crippen LogP contribution in [0.25, 0.3) is 0 Å². The van der Waals surface area contributed by atoms with E-state index < -0.39 is 0 Å². The number of pyridine rings is 1. The summed E-state index contributed by atoms with van der Waals surface area (Å²) in [6, 6.07) is 3.92. The second-order valence-corrected chi connectivity index (χ2v) is 7.04. The molecule has 2 aromatic heterocycles. The standard InChI is InChI=1S/C16H23N3OS/c1-11-5-6-13(12(18-11)7-8-17)20-9-15-19-14(10-21-15)16(2,3)4/h5-6,10H,7-9,17H2,1-4H3. The summed E-state index contributed by atoms with van der Waals surface area (Å²) in [6.45, 7) is 9.50. The molecular weight excluding hydrogens is 282 g/mol. The van der Waals surface area contributed by atoms with E-state index in [-0.39, 0.29) is 5.41 Å². The second-order valence-electron chi connectivity index (χ2n) is 6.10. The number of rotatable bonds is 5. The van der Waals surface area contributed by atoms with Gasteiger partial charge in [-0.1, -0.05) is 20.8 Å². The van der Waals surface area contributed by atoms with Crippen molar-refractivity contribution in [3.8, 4) is 5.75 Å². The van der Waals surface area contributed by atoms with Gasteiger partial charge in [0.15, 0.2) is 0 Å². The molecule has 2 N–H and O–H groups in total. The highest BCUT2D eigenvalue weighted by Crippen LogP contribution is 2.25. The Hall–Kier alpha value is -1.46. The van der Waals surface area contributed by atoms with Gasteiger partial charge in [0.1, 0.15) is 17.4 Å². The molecule has 114 valence electrons. The fraction of sp³-hybridized carbons (Fsp3) is 0.500. The second kappa shape index (κ2) is 6.54. The van der Waals surface area contributed by atoms with Gasteiger partial charge < -0.3 is 10.5 Å². The highest BCUT2D eigenvalue weighted by atomic mass is 32.1. The SMILES string of the molecule is Cc1ccc(OCc2nc(C(C)(C)C)cs2)c(CCN)n1. The largest absolute Gasteiger partial charge is 0.485 e. The molecule has 0 saturated carbocycles. The average molecular weight is 305 g/mol. The minimum Gasteiger partial charge on any atom is -0.485 e. The van der Waals surface area contributed by atoms with Crippen molar-refractivity contribution >= 4 is 11.3 Å². The maximum atomic E-state index is 5.89. The lowest BCUT2D eigenvalue weighted by Gasteiger charge is -2.14. The number of hydrogen-bond donors (Lipinski definition) is 1. The average Bonchev–Trinajstić information content (AvgIpc) is 2.87. The van der Waals surface area contributed by atoms with Gasteiger partial charge in [-0.05, 0) is 25.6 Å². The zero-order valence-electron chi connectivity index (χ0n) is 13.1. The Balaban J connectivity index is 2.08. The maximum absolute atomic E-state index is 5.89. The fourth-order valence-corrected chi connectivity index (χ4v) is 2.84. The Morgan fingerprint density at radius 2 is 2.00 bits per heavy atom. The molecule has 0 aliphatic heterocycles. The first-order chi connectivity index (χ1) is 9.90. The molecule has 4 nitrogen and oxygen atoms in total. The van der Waals surface area contributed by atoms with Crippen molar-refractivity contribution < 1.29 is 4.74 Å². The van der Waals surface area contributed by atoms with Crippen LogP contribution in [0.2, 0.25) is 0 Å². The van der Waals surface area contributed by atoms with E-state index >= 15 is 0 Å². The first-order valence-electron chi connectivity index (χ1n) is 7.14. The molecule has 2 aromatic rings. The number of aromatic nitrogens is 2. The maximum Gasteiger partial charge on any atom is 0.141 e. The van der Waals surface area contributed by atoms with E-state index in [1.54, 1.807) is 11.3 Å². The predicted molar refractivity (Wildman–Crippen MR) is 86.9 cm³/mol. The van der Waals surface area contributed by atoms with Gasteiger partial charge in [0.05, 0.1) is 11.4 Å². The van der Waals surface area contributed by atoms with Gasteiger partial charge >= 0.3 is 0 Å². The molecule has 0 amide bonds. The summed E-state index contributed by atoms with van der Waals surface area (Å²) < 4.78 is 5.89. The van der Waals surface area contributed by atoms with Crippen LogP contribution in [-0.4, -0.2) is 16.5 Å². The lowest BCUT2D eigenvalue weighted by Crippen LogP contribution is -2.12. The van der Waals surface area contributed by atoms with Gasteiger partial charge in [-0.25, -0.2) is 4.98 Å². The van der Waals surface area contributed by atoms with Crippen LogP contribution in [-0.2, 0) is 18.4 Å². The molecule has 2 rings (SSSR count). The van der Waals surface area contributed by atoms with E-state index in [4.69, 9.17) is 10.5 Å². The Labute approximate surface area is 130 Å². The monoisotopic (exact) mass is 305 g/mol. The first kappa shape index (κ1) is 15.9. The van der Waals surface area contributed by atoms with Crippen LogP contribution in [0, 0.1) is 6.92 Å². The van der Waals surface area contributed by atoms with E-state index in [1.165, 1.54) is 0 Å². The molecule has 21 heavy (non-hydrogen) atoms. The van der Waals surface area contributed by atoms with E-state index in [9.17, 15) is 0 Å². The number of ether oxygens (including phenoxy) is 1. The summed E-state index contributed by atoms with van der Waals surface area (Å²) >= 11 is 1.64. The number of nitrogens with zero attached hydrogens (tertiary/aromatic N) is 2. The van der Waals surface area contributed by atoms with Crippen LogP contribution in [0.3, 0.4) is 0 Å². The fourth-order valence-electron chi connectivity index (χ4n) is 1.91. The Bertz CT molecular complexity index is 602. The molecule has 5 heteroatoms. The van der Waals surface area contributed by atoms with Crippen LogP contribution < -0.4 is 10.5 Å². The molecule has 0 unspecified atom stereocenters. The van der Waals surface area contributed by atoms with Crippen LogP contribution in [0.1, 0.15) is 42.9 Å². The molecule has 0 aromatic carbocycles. The van der Waals surface area contributed by atoms with Gasteiger partial charge in [0.2, 0.25) is 0 Å². The third-order valence-corrected chi connectivity index (χ3v) is 3.95. The van der Waals surface area contributed by atoms with Crippen LogP contribution >= 0.6 is 11.3 Å². The molecule has 2 heterocycles. The van der Waals surface area contributed by atoms with Crippen molar-refractivity contribution in [3.05, 3.63) is 39.6 Å². The van der Waals surface area contributed by atoms with Crippen molar-refractivity contribution in [2.45, 2.75) is 46.1 Å². The van der Waals surface area contributed by atoms with Gasteiger partial charge in [0, 0.05) is 22.9 Å². The van der Waals surface area contributed by atoms with E-state index in [2.05, 4.69) is 36.1 Å². The van der Waals surface area contributed by atoms with Crippen LogP contribution in [0.15, 0.2) is 17.5 Å². The summed E-state index contributed by atoms with van der Waals surface area (Å²) in [7, 11) is 0. The van der Waals surface area contributed by atoms with Crippen molar-refractivity contribution in [1.82, 2.24) is 9.97 Å². The third kappa shape index (κ3) is 4.25. The number of nitrogens with two attached hydrogens (primary N) is 1. The topological polar surface area (TPSA) is 61.0 Å². The zero-order chi connectivity index (χ0) is 15.5. The number of aryl methyl sites for hydroxylation is 1. The lowest BCUT2D eigenvalue weighted by atomic mass is 9.93. The molecule has 0 radical (unpaired) electrons. The van der Waals surface area contributed by atoms with Crippen molar-refractivity contribution in [3.63, 3.8) is 0 Å².